The van der Waals surface area contributed by atoms with Gasteiger partial charge in [0.15, 0.2) is 17.2 Å². The van der Waals surface area contributed by atoms with Gasteiger partial charge in [-0.05, 0) is 60.1 Å². The average molecular weight is 735 g/mol. The van der Waals surface area contributed by atoms with Crippen LogP contribution in [-0.2, 0) is 19.5 Å². The van der Waals surface area contributed by atoms with Crippen LogP contribution in [0.5, 0.6) is 0 Å². The third-order valence-electron chi connectivity index (χ3n) is 10.3. The summed E-state index contributed by atoms with van der Waals surface area (Å²) in [4.78, 5) is 30.4. The van der Waals surface area contributed by atoms with Crippen LogP contribution in [0, 0.1) is 23.7 Å². The lowest BCUT2D eigenvalue weighted by molar-refractivity contribution is 0.363. The molecule has 6 heterocycles. The highest BCUT2D eigenvalue weighted by molar-refractivity contribution is 6.31. The summed E-state index contributed by atoms with van der Waals surface area (Å²) in [6.07, 6.45) is 1.43. The van der Waals surface area contributed by atoms with Gasteiger partial charge in [0, 0.05) is 66.5 Å². The molecule has 2 aromatic carbocycles. The minimum absolute atomic E-state index is 0.163. The molecule has 0 spiro atoms. The van der Waals surface area contributed by atoms with Crippen LogP contribution in [0.15, 0.2) is 68.7 Å². The van der Waals surface area contributed by atoms with Crippen LogP contribution in [0.3, 0.4) is 0 Å². The third kappa shape index (κ3) is 5.68. The summed E-state index contributed by atoms with van der Waals surface area (Å²) >= 11 is 17.8. The zero-order chi connectivity index (χ0) is 34.1. The molecule has 2 aliphatic heterocycles. The topological polar surface area (TPSA) is 150 Å². The second kappa shape index (κ2) is 12.4. The summed E-state index contributed by atoms with van der Waals surface area (Å²) < 4.78 is 13.3. The summed E-state index contributed by atoms with van der Waals surface area (Å²) in [5, 5.41) is 17.4. The van der Waals surface area contributed by atoms with Crippen molar-refractivity contribution >= 4 is 57.3 Å². The van der Waals surface area contributed by atoms with Gasteiger partial charge in [0.1, 0.15) is 18.8 Å². The molecule has 2 saturated carbocycles. The van der Waals surface area contributed by atoms with Crippen molar-refractivity contribution in [3.05, 3.63) is 98.7 Å². The lowest BCUT2D eigenvalue weighted by atomic mass is 10.2. The molecule has 0 N–H and O–H groups in total. The van der Waals surface area contributed by atoms with E-state index in [-0.39, 0.29) is 18.0 Å². The quantitative estimate of drug-likeness (QED) is 0.208. The minimum atomic E-state index is -0.243. The van der Waals surface area contributed by atoms with Crippen molar-refractivity contribution in [2.45, 2.75) is 24.3 Å². The molecule has 17 heteroatoms. The molecule has 0 amide bonds. The highest BCUT2D eigenvalue weighted by atomic mass is 35.5. The second-order valence-electron chi connectivity index (χ2n) is 13.3. The third-order valence-corrected chi connectivity index (χ3v) is 11.0. The van der Waals surface area contributed by atoms with E-state index in [2.05, 4.69) is 57.5 Å². The van der Waals surface area contributed by atoms with Crippen LogP contribution < -0.4 is 15.4 Å². The first-order valence-corrected chi connectivity index (χ1v) is 17.6. The van der Waals surface area contributed by atoms with E-state index in [1.165, 1.54) is 21.3 Å². The normalized spacial score (nSPS) is 24.6. The van der Waals surface area contributed by atoms with Gasteiger partial charge in [-0.15, -0.1) is 16.7 Å². The maximum Gasteiger partial charge on any atom is 0.281 e. The van der Waals surface area contributed by atoms with E-state index in [9.17, 15) is 4.79 Å². The Kier molecular flexibility index (Phi) is 7.77. The summed E-state index contributed by atoms with van der Waals surface area (Å²) in [6, 6.07) is 15.9. The van der Waals surface area contributed by atoms with E-state index < -0.39 is 0 Å². The molecule has 14 nitrogen and oxygen atoms in total. The van der Waals surface area contributed by atoms with Gasteiger partial charge >= 0.3 is 0 Å². The Labute approximate surface area is 299 Å². The van der Waals surface area contributed by atoms with E-state index >= 15 is 0 Å². The van der Waals surface area contributed by atoms with Crippen molar-refractivity contribution in [2.75, 3.05) is 36.0 Å². The van der Waals surface area contributed by atoms with Gasteiger partial charge < -0.3 is 18.8 Å². The molecule has 0 bridgehead atoms. The minimum Gasteiger partial charge on any atom is -0.371 e. The Balaban J connectivity index is 0.000000146. The predicted molar refractivity (Wildman–Crippen MR) is 185 cm³/mol. The predicted octanol–water partition coefficient (Wildman–Crippen LogP) is 4.77. The summed E-state index contributed by atoms with van der Waals surface area (Å²) in [6.45, 7) is 4.12. The lowest BCUT2D eigenvalue weighted by Crippen LogP contribution is -2.23. The molecule has 4 aliphatic rings. The van der Waals surface area contributed by atoms with Crippen LogP contribution in [0.2, 0.25) is 10.0 Å². The first kappa shape index (κ1) is 31.5. The van der Waals surface area contributed by atoms with Crippen LogP contribution in [0.4, 0.5) is 11.4 Å². The summed E-state index contributed by atoms with van der Waals surface area (Å²) in [7, 11) is 1.66. The fourth-order valence-electron chi connectivity index (χ4n) is 7.75. The Morgan fingerprint density at radius 2 is 1.34 bits per heavy atom. The number of piperidine rings is 2. The van der Waals surface area contributed by atoms with Crippen molar-refractivity contribution in [1.82, 2.24) is 44.8 Å². The smallest absolute Gasteiger partial charge is 0.281 e. The molecule has 2 aliphatic carbocycles. The molecule has 6 aromatic rings. The lowest BCUT2D eigenvalue weighted by Gasteiger charge is -2.21. The Morgan fingerprint density at radius 1 is 0.800 bits per heavy atom. The standard InChI is InChI=1S/C19H17ClN8O2.C14H13Cl2N3O/c1-26-16-18(23-25-26)21-9-28(19(16)29)8-14-22-17(24-30-14)15-12-6-27(7-13(12)15)11-4-2-3-10(20)5-11;15-5-12-17-14(18-20-12)13-10-6-19(7-11(10)13)9-3-1-2-8(16)4-9/h2-5,9,12-13,15H,6-8H2,1H3;1-4,10-11,13H,5-7H2/t12-,13+,15?;10-,11+,13?. The highest BCUT2D eigenvalue weighted by Crippen LogP contribution is 2.59. The van der Waals surface area contributed by atoms with Crippen LogP contribution in [0.25, 0.3) is 11.2 Å². The molecule has 256 valence electrons. The molecular weight excluding hydrogens is 705 g/mol. The number of anilines is 2. The van der Waals surface area contributed by atoms with E-state index in [1.807, 2.05) is 36.4 Å². The summed E-state index contributed by atoms with van der Waals surface area (Å²) in [5.74, 6) is 5.72. The number of rotatable bonds is 7. The molecule has 4 aromatic heterocycles. The van der Waals surface area contributed by atoms with Gasteiger partial charge in [-0.1, -0.05) is 50.9 Å². The Morgan fingerprint density at radius 3 is 1.86 bits per heavy atom. The number of hydrogen-bond acceptors (Lipinski definition) is 12. The number of halogens is 3. The molecule has 10 rings (SSSR count). The molecule has 4 fully saturated rings. The van der Waals surface area contributed by atoms with Gasteiger partial charge in [0.05, 0.1) is 0 Å². The van der Waals surface area contributed by atoms with Gasteiger partial charge in [0.25, 0.3) is 5.56 Å². The van der Waals surface area contributed by atoms with E-state index in [1.54, 1.807) is 7.05 Å². The zero-order valence-corrected chi connectivity index (χ0v) is 28.9. The monoisotopic (exact) mass is 733 g/mol. The first-order valence-electron chi connectivity index (χ1n) is 16.3. The number of alkyl halides is 1. The number of aryl methyl sites for hydroxylation is 1. The number of nitrogens with zero attached hydrogens (tertiary/aromatic N) is 11. The first-order chi connectivity index (χ1) is 24.3. The summed E-state index contributed by atoms with van der Waals surface area (Å²) in [5.41, 5.74) is 2.76. The van der Waals surface area contributed by atoms with Crippen LogP contribution in [0.1, 0.15) is 35.3 Å². The number of aromatic nitrogens is 9. The fraction of sp³-hybridized carbons (Fsp3) is 0.394. The number of fused-ring (bicyclic) bond motifs is 3. The van der Waals surface area contributed by atoms with Gasteiger partial charge in [0.2, 0.25) is 17.4 Å². The Hall–Kier alpha value is -4.53. The fourth-order valence-corrected chi connectivity index (χ4v) is 8.23. The van der Waals surface area contributed by atoms with Gasteiger partial charge in [-0.3, -0.25) is 9.36 Å². The van der Waals surface area contributed by atoms with Crippen molar-refractivity contribution in [3.8, 4) is 0 Å². The zero-order valence-electron chi connectivity index (χ0n) is 26.7. The molecule has 6 atom stereocenters. The maximum atomic E-state index is 12.6. The van der Waals surface area contributed by atoms with Crippen LogP contribution in [-0.4, -0.2) is 71.0 Å². The molecule has 2 unspecified atom stereocenters. The van der Waals surface area contributed by atoms with Crippen molar-refractivity contribution in [1.29, 1.82) is 0 Å². The SMILES string of the molecule is ClCc1nc(C2[C@H]3CN(c4cccc(Cl)c4)C[C@@H]23)no1.Cn1nnc2ncn(Cc3nc(C4[C@H]5CN(c6cccc(Cl)c6)C[C@@H]45)no3)c(=O)c21. The largest absolute Gasteiger partial charge is 0.371 e. The van der Waals surface area contributed by atoms with Crippen molar-refractivity contribution in [3.63, 3.8) is 0 Å². The van der Waals surface area contributed by atoms with E-state index in [0.717, 1.165) is 53.6 Å². The maximum absolute atomic E-state index is 12.6. The van der Waals surface area contributed by atoms with Crippen molar-refractivity contribution in [2.24, 2.45) is 30.7 Å². The molecular formula is C33H30Cl3N11O3. The van der Waals surface area contributed by atoms with Crippen molar-refractivity contribution < 1.29 is 9.05 Å². The molecule has 0 radical (unpaired) electrons. The van der Waals surface area contributed by atoms with Gasteiger partial charge in [-0.2, -0.15) is 9.97 Å². The highest BCUT2D eigenvalue weighted by Gasteiger charge is 2.59. The van der Waals surface area contributed by atoms with Gasteiger partial charge in [-0.25, -0.2) is 9.67 Å². The molecule has 2 saturated heterocycles. The number of hydrogen-bond donors (Lipinski definition) is 0. The number of benzene rings is 2. The average Bonchev–Trinajstić information content (AvgIpc) is 3.60. The molecule has 50 heavy (non-hydrogen) atoms. The second-order valence-corrected chi connectivity index (χ2v) is 14.4. The van der Waals surface area contributed by atoms with Crippen LogP contribution >= 0.6 is 34.8 Å². The Bertz CT molecular complexity index is 2250. The van der Waals surface area contributed by atoms with E-state index in [4.69, 9.17) is 43.8 Å². The van der Waals surface area contributed by atoms with E-state index in [0.29, 0.717) is 58.5 Å².